The highest BCUT2D eigenvalue weighted by atomic mass is 16.6. The summed E-state index contributed by atoms with van der Waals surface area (Å²) in [7, 11) is 0. The maximum atomic E-state index is 5.58. The van der Waals surface area contributed by atoms with E-state index in [1.165, 1.54) is 0 Å². The molecule has 0 aliphatic rings. The van der Waals surface area contributed by atoms with E-state index in [0.717, 1.165) is 11.3 Å². The van der Waals surface area contributed by atoms with E-state index in [9.17, 15) is 0 Å². The first-order valence-corrected chi connectivity index (χ1v) is 4.73. The van der Waals surface area contributed by atoms with Crippen LogP contribution in [0.1, 0.15) is 0 Å². The van der Waals surface area contributed by atoms with Crippen molar-refractivity contribution in [2.75, 3.05) is 12.3 Å². The monoisotopic (exact) mass is 217 g/mol. The van der Waals surface area contributed by atoms with Crippen LogP contribution in [0.2, 0.25) is 0 Å². The van der Waals surface area contributed by atoms with Crippen molar-refractivity contribution in [2.24, 2.45) is 0 Å². The van der Waals surface area contributed by atoms with Gasteiger partial charge in [-0.3, -0.25) is 0 Å². The average Bonchev–Trinajstić information content (AvgIpc) is 2.74. The third-order valence-corrected chi connectivity index (χ3v) is 2.01. The zero-order chi connectivity index (χ0) is 11.4. The van der Waals surface area contributed by atoms with Crippen LogP contribution in [0.15, 0.2) is 41.5 Å². The fraction of sp³-hybridized carbons (Fsp3) is 0.0909. The first-order valence-electron chi connectivity index (χ1n) is 4.73. The number of ether oxygens (including phenoxy) is 1. The number of rotatable bonds is 4. The van der Waals surface area contributed by atoms with Crippen molar-refractivity contribution in [3.63, 3.8) is 0 Å². The molecule has 5 heteroatoms. The van der Waals surface area contributed by atoms with Crippen molar-refractivity contribution in [1.29, 1.82) is 0 Å². The van der Waals surface area contributed by atoms with Crippen LogP contribution in [0, 0.1) is 0 Å². The smallest absolute Gasteiger partial charge is 0.196 e. The Balaban J connectivity index is 2.19. The molecule has 0 aliphatic carbocycles. The van der Waals surface area contributed by atoms with Crippen LogP contribution < -0.4 is 10.5 Å². The number of aromatic nitrogens is 2. The quantitative estimate of drug-likeness (QED) is 0.791. The number of benzene rings is 1. The van der Waals surface area contributed by atoms with Gasteiger partial charge < -0.3 is 10.5 Å². The fourth-order valence-corrected chi connectivity index (χ4v) is 1.26. The molecule has 0 radical (unpaired) electrons. The minimum Gasteiger partial charge on any atom is -0.490 e. The third-order valence-electron chi connectivity index (χ3n) is 2.01. The highest BCUT2D eigenvalue weighted by Gasteiger charge is 2.08. The van der Waals surface area contributed by atoms with E-state index in [1.807, 2.05) is 24.3 Å². The SMILES string of the molecule is C=CCOc1ccc(-c2nonc2N)cc1. The predicted octanol–water partition coefficient (Wildman–Crippen LogP) is 1.88. The van der Waals surface area contributed by atoms with Gasteiger partial charge in [-0.05, 0) is 34.6 Å². The molecule has 5 nitrogen and oxygen atoms in total. The maximum absolute atomic E-state index is 5.58. The summed E-state index contributed by atoms with van der Waals surface area (Å²) in [4.78, 5) is 0. The minimum atomic E-state index is 0.278. The molecule has 0 atom stereocenters. The van der Waals surface area contributed by atoms with Gasteiger partial charge in [0.05, 0.1) is 0 Å². The lowest BCUT2D eigenvalue weighted by Crippen LogP contribution is -1.93. The summed E-state index contributed by atoms with van der Waals surface area (Å²) in [5.41, 5.74) is 6.95. The van der Waals surface area contributed by atoms with E-state index < -0.39 is 0 Å². The van der Waals surface area contributed by atoms with Gasteiger partial charge in [-0.2, -0.15) is 0 Å². The van der Waals surface area contributed by atoms with Gasteiger partial charge in [0.2, 0.25) is 0 Å². The standard InChI is InChI=1S/C11H11N3O2/c1-2-7-15-9-5-3-8(4-6-9)10-11(12)14-16-13-10/h2-6H,1,7H2,(H2,12,14). The molecule has 0 saturated carbocycles. The summed E-state index contributed by atoms with van der Waals surface area (Å²) in [5.74, 6) is 1.04. The second kappa shape index (κ2) is 4.48. The second-order valence-corrected chi connectivity index (χ2v) is 3.12. The van der Waals surface area contributed by atoms with E-state index in [1.54, 1.807) is 6.08 Å². The van der Waals surface area contributed by atoms with Gasteiger partial charge in [-0.15, -0.1) is 0 Å². The Kier molecular flexibility index (Phi) is 2.86. The molecule has 0 saturated heterocycles. The lowest BCUT2D eigenvalue weighted by molar-refractivity contribution is 0.310. The molecule has 0 bridgehead atoms. The van der Waals surface area contributed by atoms with Crippen LogP contribution in [0.25, 0.3) is 11.3 Å². The zero-order valence-corrected chi connectivity index (χ0v) is 8.59. The van der Waals surface area contributed by atoms with Crippen LogP contribution >= 0.6 is 0 Å². The molecule has 2 aromatic rings. The van der Waals surface area contributed by atoms with Crippen LogP contribution in [-0.4, -0.2) is 16.9 Å². The first kappa shape index (κ1) is 10.2. The Morgan fingerprint density at radius 1 is 1.31 bits per heavy atom. The van der Waals surface area contributed by atoms with Gasteiger partial charge in [0, 0.05) is 5.56 Å². The Morgan fingerprint density at radius 2 is 2.06 bits per heavy atom. The topological polar surface area (TPSA) is 74.2 Å². The lowest BCUT2D eigenvalue weighted by Gasteiger charge is -2.03. The molecule has 1 heterocycles. The molecule has 16 heavy (non-hydrogen) atoms. The number of hydrogen-bond donors (Lipinski definition) is 1. The minimum absolute atomic E-state index is 0.278. The Morgan fingerprint density at radius 3 is 2.62 bits per heavy atom. The summed E-state index contributed by atoms with van der Waals surface area (Å²) in [5, 5.41) is 7.22. The molecule has 2 rings (SSSR count). The molecule has 0 aliphatic heterocycles. The molecule has 0 fully saturated rings. The molecule has 82 valence electrons. The van der Waals surface area contributed by atoms with E-state index in [0.29, 0.717) is 12.3 Å². The van der Waals surface area contributed by atoms with Gasteiger partial charge in [0.25, 0.3) is 0 Å². The van der Waals surface area contributed by atoms with Crippen LogP contribution in [0.4, 0.5) is 5.82 Å². The summed E-state index contributed by atoms with van der Waals surface area (Å²) in [6.45, 7) is 4.05. The maximum Gasteiger partial charge on any atom is 0.196 e. The van der Waals surface area contributed by atoms with E-state index in [4.69, 9.17) is 10.5 Å². The molecule has 2 N–H and O–H groups in total. The highest BCUT2D eigenvalue weighted by Crippen LogP contribution is 2.24. The van der Waals surface area contributed by atoms with Crippen molar-refractivity contribution >= 4 is 5.82 Å². The van der Waals surface area contributed by atoms with E-state index >= 15 is 0 Å². The Hall–Kier alpha value is -2.30. The number of nitrogen functional groups attached to an aromatic ring is 1. The Bertz CT molecular complexity index is 476. The molecular formula is C11H11N3O2. The number of hydrogen-bond acceptors (Lipinski definition) is 5. The number of anilines is 1. The summed E-state index contributed by atoms with van der Waals surface area (Å²) in [6.07, 6.45) is 1.69. The summed E-state index contributed by atoms with van der Waals surface area (Å²) < 4.78 is 9.87. The van der Waals surface area contributed by atoms with Gasteiger partial charge in [-0.1, -0.05) is 12.7 Å². The second-order valence-electron chi connectivity index (χ2n) is 3.12. The number of nitrogens with two attached hydrogens (primary N) is 1. The normalized spacial score (nSPS) is 10.0. The van der Waals surface area contributed by atoms with Crippen LogP contribution in [-0.2, 0) is 0 Å². The molecule has 1 aromatic carbocycles. The van der Waals surface area contributed by atoms with Gasteiger partial charge >= 0.3 is 0 Å². The predicted molar refractivity (Wildman–Crippen MR) is 59.8 cm³/mol. The van der Waals surface area contributed by atoms with E-state index in [-0.39, 0.29) is 5.82 Å². The fourth-order valence-electron chi connectivity index (χ4n) is 1.26. The largest absolute Gasteiger partial charge is 0.490 e. The van der Waals surface area contributed by atoms with Gasteiger partial charge in [0.1, 0.15) is 12.4 Å². The third kappa shape index (κ3) is 2.03. The van der Waals surface area contributed by atoms with Crippen molar-refractivity contribution in [2.45, 2.75) is 0 Å². The molecule has 0 unspecified atom stereocenters. The average molecular weight is 217 g/mol. The van der Waals surface area contributed by atoms with Crippen molar-refractivity contribution in [1.82, 2.24) is 10.3 Å². The molecular weight excluding hydrogens is 206 g/mol. The first-order chi connectivity index (χ1) is 7.81. The molecule has 0 spiro atoms. The Labute approximate surface area is 92.5 Å². The van der Waals surface area contributed by atoms with Crippen LogP contribution in [0.3, 0.4) is 0 Å². The van der Waals surface area contributed by atoms with Crippen molar-refractivity contribution in [3.05, 3.63) is 36.9 Å². The van der Waals surface area contributed by atoms with Crippen molar-refractivity contribution in [3.8, 4) is 17.0 Å². The molecule has 1 aromatic heterocycles. The zero-order valence-electron chi connectivity index (χ0n) is 8.59. The van der Waals surface area contributed by atoms with Crippen molar-refractivity contribution < 1.29 is 9.37 Å². The molecule has 0 amide bonds. The highest BCUT2D eigenvalue weighted by molar-refractivity contribution is 5.69. The van der Waals surface area contributed by atoms with E-state index in [2.05, 4.69) is 21.5 Å². The van der Waals surface area contributed by atoms with Gasteiger partial charge in [0.15, 0.2) is 11.5 Å². The summed E-state index contributed by atoms with van der Waals surface area (Å²) >= 11 is 0. The number of nitrogens with zero attached hydrogens (tertiary/aromatic N) is 2. The van der Waals surface area contributed by atoms with Crippen LogP contribution in [0.5, 0.6) is 5.75 Å². The van der Waals surface area contributed by atoms with Gasteiger partial charge in [-0.25, -0.2) is 4.63 Å². The summed E-state index contributed by atoms with van der Waals surface area (Å²) in [6, 6.07) is 7.34. The lowest BCUT2D eigenvalue weighted by atomic mass is 10.1.